The summed E-state index contributed by atoms with van der Waals surface area (Å²) in [6.07, 6.45) is 2.30. The van der Waals surface area contributed by atoms with Gasteiger partial charge in [0, 0.05) is 27.1 Å². The fourth-order valence-electron chi connectivity index (χ4n) is 1.80. The average Bonchev–Trinajstić information content (AvgIpc) is 3.01. The van der Waals surface area contributed by atoms with Gasteiger partial charge in [-0.1, -0.05) is 31.9 Å². The molecule has 0 saturated heterocycles. The van der Waals surface area contributed by atoms with Gasteiger partial charge in [-0.05, 0) is 38.0 Å². The molecule has 0 bridgehead atoms. The lowest BCUT2D eigenvalue weighted by Crippen LogP contribution is -2.32. The number of amides is 1. The van der Waals surface area contributed by atoms with E-state index in [1.807, 2.05) is 30.0 Å². The number of carbonyl (C=O) groups is 1. The SMILES string of the molecule is CCN(C(=O)c1cc(Br)cc(Br)c1)C1CC1. The summed E-state index contributed by atoms with van der Waals surface area (Å²) in [7, 11) is 0. The Bertz CT molecular complexity index is 395. The molecule has 1 saturated carbocycles. The van der Waals surface area contributed by atoms with Gasteiger partial charge in [0.2, 0.25) is 0 Å². The predicted octanol–water partition coefficient (Wildman–Crippen LogP) is 3.84. The number of carbonyl (C=O) groups excluding carboxylic acids is 1. The summed E-state index contributed by atoms with van der Waals surface area (Å²) in [5, 5.41) is 0. The molecule has 0 radical (unpaired) electrons. The van der Waals surface area contributed by atoms with Gasteiger partial charge in [-0.25, -0.2) is 0 Å². The normalized spacial score (nSPS) is 14.9. The van der Waals surface area contributed by atoms with E-state index in [2.05, 4.69) is 31.9 Å². The van der Waals surface area contributed by atoms with Crippen LogP contribution in [-0.2, 0) is 0 Å². The summed E-state index contributed by atoms with van der Waals surface area (Å²) < 4.78 is 1.86. The summed E-state index contributed by atoms with van der Waals surface area (Å²) in [6.45, 7) is 2.82. The van der Waals surface area contributed by atoms with Gasteiger partial charge in [0.05, 0.1) is 0 Å². The van der Waals surface area contributed by atoms with Crippen LogP contribution in [0.2, 0.25) is 0 Å². The van der Waals surface area contributed by atoms with Gasteiger partial charge in [-0.2, -0.15) is 0 Å². The van der Waals surface area contributed by atoms with E-state index in [0.717, 1.165) is 33.9 Å². The molecule has 2 rings (SSSR count). The maximum atomic E-state index is 12.2. The first-order chi connectivity index (χ1) is 7.61. The highest BCUT2D eigenvalue weighted by Gasteiger charge is 2.31. The molecule has 0 spiro atoms. The van der Waals surface area contributed by atoms with Crippen LogP contribution in [0.3, 0.4) is 0 Å². The summed E-state index contributed by atoms with van der Waals surface area (Å²) >= 11 is 6.81. The van der Waals surface area contributed by atoms with Crippen LogP contribution in [0.15, 0.2) is 27.1 Å². The molecule has 0 N–H and O–H groups in total. The Morgan fingerprint density at radius 1 is 1.31 bits per heavy atom. The molecule has 0 aromatic heterocycles. The average molecular weight is 347 g/mol. The lowest BCUT2D eigenvalue weighted by Gasteiger charge is -2.20. The van der Waals surface area contributed by atoms with E-state index in [-0.39, 0.29) is 5.91 Å². The van der Waals surface area contributed by atoms with Gasteiger partial charge >= 0.3 is 0 Å². The molecule has 2 nitrogen and oxygen atoms in total. The van der Waals surface area contributed by atoms with E-state index in [0.29, 0.717) is 6.04 Å². The fourth-order valence-corrected chi connectivity index (χ4v) is 3.09. The molecule has 1 amide bonds. The Hall–Kier alpha value is -0.350. The molecular weight excluding hydrogens is 334 g/mol. The third-order valence-corrected chi connectivity index (χ3v) is 3.61. The van der Waals surface area contributed by atoms with Crippen molar-refractivity contribution in [2.45, 2.75) is 25.8 Å². The van der Waals surface area contributed by atoms with Crippen molar-refractivity contribution in [2.75, 3.05) is 6.54 Å². The predicted molar refractivity (Wildman–Crippen MR) is 71.6 cm³/mol. The molecule has 16 heavy (non-hydrogen) atoms. The van der Waals surface area contributed by atoms with Gasteiger partial charge in [0.25, 0.3) is 5.91 Å². The molecular formula is C12H13Br2NO. The number of hydrogen-bond donors (Lipinski definition) is 0. The van der Waals surface area contributed by atoms with Gasteiger partial charge in [-0.15, -0.1) is 0 Å². The molecule has 1 aliphatic carbocycles. The molecule has 1 aromatic rings. The molecule has 86 valence electrons. The van der Waals surface area contributed by atoms with Crippen LogP contribution < -0.4 is 0 Å². The number of hydrogen-bond acceptors (Lipinski definition) is 1. The van der Waals surface area contributed by atoms with Crippen molar-refractivity contribution < 1.29 is 4.79 Å². The van der Waals surface area contributed by atoms with E-state index in [1.165, 1.54) is 0 Å². The number of nitrogens with zero attached hydrogens (tertiary/aromatic N) is 1. The number of benzene rings is 1. The van der Waals surface area contributed by atoms with Gasteiger partial charge in [-0.3, -0.25) is 4.79 Å². The van der Waals surface area contributed by atoms with Crippen molar-refractivity contribution >= 4 is 37.8 Å². The van der Waals surface area contributed by atoms with Crippen LogP contribution in [-0.4, -0.2) is 23.4 Å². The Kier molecular flexibility index (Phi) is 3.70. The Morgan fingerprint density at radius 2 is 1.88 bits per heavy atom. The highest BCUT2D eigenvalue weighted by Crippen LogP contribution is 2.29. The van der Waals surface area contributed by atoms with Crippen LogP contribution >= 0.6 is 31.9 Å². The standard InChI is InChI=1S/C12H13Br2NO/c1-2-15(11-3-4-11)12(16)8-5-9(13)7-10(14)6-8/h5-7,11H,2-4H2,1H3. The topological polar surface area (TPSA) is 20.3 Å². The van der Waals surface area contributed by atoms with E-state index in [9.17, 15) is 4.79 Å². The van der Waals surface area contributed by atoms with Crippen molar-refractivity contribution in [3.05, 3.63) is 32.7 Å². The van der Waals surface area contributed by atoms with Crippen molar-refractivity contribution in [2.24, 2.45) is 0 Å². The van der Waals surface area contributed by atoms with Gasteiger partial charge in [0.15, 0.2) is 0 Å². The van der Waals surface area contributed by atoms with Crippen LogP contribution in [0.25, 0.3) is 0 Å². The lowest BCUT2D eigenvalue weighted by molar-refractivity contribution is 0.0752. The fraction of sp³-hybridized carbons (Fsp3) is 0.417. The zero-order chi connectivity index (χ0) is 11.7. The second-order valence-corrected chi connectivity index (χ2v) is 5.81. The molecule has 0 aliphatic heterocycles. The van der Waals surface area contributed by atoms with Crippen LogP contribution in [0.4, 0.5) is 0 Å². The molecule has 0 heterocycles. The van der Waals surface area contributed by atoms with Crippen molar-refractivity contribution in [1.82, 2.24) is 4.90 Å². The van der Waals surface area contributed by atoms with Crippen LogP contribution in [0.5, 0.6) is 0 Å². The lowest BCUT2D eigenvalue weighted by atomic mass is 10.2. The second-order valence-electron chi connectivity index (χ2n) is 3.98. The summed E-state index contributed by atoms with van der Waals surface area (Å²) in [6, 6.07) is 6.15. The maximum Gasteiger partial charge on any atom is 0.254 e. The highest BCUT2D eigenvalue weighted by molar-refractivity contribution is 9.11. The summed E-state index contributed by atoms with van der Waals surface area (Å²) in [5.74, 6) is 0.131. The van der Waals surface area contributed by atoms with E-state index >= 15 is 0 Å². The zero-order valence-corrected chi connectivity index (χ0v) is 12.2. The summed E-state index contributed by atoms with van der Waals surface area (Å²) in [4.78, 5) is 14.2. The molecule has 0 unspecified atom stereocenters. The van der Waals surface area contributed by atoms with Crippen molar-refractivity contribution in [1.29, 1.82) is 0 Å². The van der Waals surface area contributed by atoms with Gasteiger partial charge < -0.3 is 4.90 Å². The third-order valence-electron chi connectivity index (χ3n) is 2.70. The van der Waals surface area contributed by atoms with E-state index in [4.69, 9.17) is 0 Å². The van der Waals surface area contributed by atoms with Crippen molar-refractivity contribution in [3.8, 4) is 0 Å². The molecule has 4 heteroatoms. The molecule has 1 aromatic carbocycles. The first-order valence-corrected chi connectivity index (χ1v) is 6.97. The van der Waals surface area contributed by atoms with Crippen LogP contribution in [0.1, 0.15) is 30.1 Å². The van der Waals surface area contributed by atoms with Crippen molar-refractivity contribution in [3.63, 3.8) is 0 Å². The third kappa shape index (κ3) is 2.66. The number of halogens is 2. The minimum absolute atomic E-state index is 0.131. The smallest absolute Gasteiger partial charge is 0.254 e. The summed E-state index contributed by atoms with van der Waals surface area (Å²) in [5.41, 5.74) is 0.745. The maximum absolute atomic E-state index is 12.2. The molecule has 1 aliphatic rings. The van der Waals surface area contributed by atoms with Crippen LogP contribution in [0, 0.1) is 0 Å². The molecule has 1 fully saturated rings. The second kappa shape index (κ2) is 4.88. The van der Waals surface area contributed by atoms with Gasteiger partial charge in [0.1, 0.15) is 0 Å². The monoisotopic (exact) mass is 345 g/mol. The van der Waals surface area contributed by atoms with E-state index < -0.39 is 0 Å². The molecule has 0 atom stereocenters. The first kappa shape index (κ1) is 12.1. The Labute approximate surface area is 112 Å². The number of rotatable bonds is 3. The minimum atomic E-state index is 0.131. The zero-order valence-electron chi connectivity index (χ0n) is 9.04. The largest absolute Gasteiger partial charge is 0.336 e. The Balaban J connectivity index is 2.24. The Morgan fingerprint density at radius 3 is 2.31 bits per heavy atom. The highest BCUT2D eigenvalue weighted by atomic mass is 79.9. The quantitative estimate of drug-likeness (QED) is 0.814. The van der Waals surface area contributed by atoms with E-state index in [1.54, 1.807) is 0 Å². The first-order valence-electron chi connectivity index (χ1n) is 5.39. The minimum Gasteiger partial charge on any atom is -0.336 e.